The molecular weight excluding hydrogens is 316 g/mol. The van der Waals surface area contributed by atoms with Crippen LogP contribution in [0.3, 0.4) is 0 Å². The van der Waals surface area contributed by atoms with Gasteiger partial charge in [-0.05, 0) is 38.1 Å². The molecule has 1 aliphatic heterocycles. The number of thiazole rings is 1. The number of nitrogens with zero attached hydrogens (tertiary/aromatic N) is 2. The van der Waals surface area contributed by atoms with Gasteiger partial charge in [-0.3, -0.25) is 0 Å². The highest BCUT2D eigenvalue weighted by Crippen LogP contribution is 2.28. The summed E-state index contributed by atoms with van der Waals surface area (Å²) in [5, 5.41) is 1.15. The zero-order valence-corrected chi connectivity index (χ0v) is 14.8. The van der Waals surface area contributed by atoms with Crippen LogP contribution in [-0.2, 0) is 6.42 Å². The Morgan fingerprint density at radius 2 is 1.83 bits per heavy atom. The molecule has 1 fully saturated rings. The number of para-hydroxylation sites is 2. The first-order valence-electron chi connectivity index (χ1n) is 8.55. The minimum absolute atomic E-state index is 0.331. The van der Waals surface area contributed by atoms with Gasteiger partial charge in [-0.25, -0.2) is 4.98 Å². The molecule has 0 unspecified atom stereocenters. The van der Waals surface area contributed by atoms with E-state index in [1.165, 1.54) is 10.3 Å². The lowest BCUT2D eigenvalue weighted by molar-refractivity contribution is 0.113. The van der Waals surface area contributed by atoms with Crippen molar-refractivity contribution in [2.24, 2.45) is 0 Å². The number of piperidine rings is 1. The summed E-state index contributed by atoms with van der Waals surface area (Å²) < 4.78 is 7.58. The van der Waals surface area contributed by atoms with Crippen LogP contribution in [0, 0.1) is 0 Å². The van der Waals surface area contributed by atoms with Crippen LogP contribution in [0.2, 0.25) is 0 Å². The molecule has 0 atom stereocenters. The molecular formula is C20H22N2OS. The molecule has 124 valence electrons. The third-order valence-corrected chi connectivity index (χ3v) is 5.65. The van der Waals surface area contributed by atoms with Crippen molar-refractivity contribution < 1.29 is 4.74 Å². The van der Waals surface area contributed by atoms with Crippen LogP contribution in [0.1, 0.15) is 23.4 Å². The van der Waals surface area contributed by atoms with Gasteiger partial charge in [0.15, 0.2) is 0 Å². The normalized spacial score (nSPS) is 16.5. The van der Waals surface area contributed by atoms with E-state index < -0.39 is 0 Å². The first kappa shape index (κ1) is 15.6. The SMILES string of the molecule is CN1CCC(Oc2ccccc2Cc2nc3ccccc3s2)CC1. The first-order chi connectivity index (χ1) is 11.8. The Bertz CT molecular complexity index is 788. The largest absolute Gasteiger partial charge is 0.490 e. The minimum atomic E-state index is 0.331. The second kappa shape index (κ2) is 6.91. The molecule has 0 saturated carbocycles. The summed E-state index contributed by atoms with van der Waals surface area (Å²) in [6.07, 6.45) is 3.37. The molecule has 0 bridgehead atoms. The highest BCUT2D eigenvalue weighted by molar-refractivity contribution is 7.18. The number of benzene rings is 2. The quantitative estimate of drug-likeness (QED) is 0.707. The number of aromatic nitrogens is 1. The smallest absolute Gasteiger partial charge is 0.123 e. The molecule has 0 amide bonds. The predicted octanol–water partition coefficient (Wildman–Crippen LogP) is 4.36. The summed E-state index contributed by atoms with van der Waals surface area (Å²) in [4.78, 5) is 7.13. The second-order valence-corrected chi connectivity index (χ2v) is 7.60. The van der Waals surface area contributed by atoms with Crippen molar-refractivity contribution >= 4 is 21.6 Å². The van der Waals surface area contributed by atoms with Crippen LogP contribution in [0.5, 0.6) is 5.75 Å². The van der Waals surface area contributed by atoms with Gasteiger partial charge in [0.25, 0.3) is 0 Å². The third kappa shape index (κ3) is 3.45. The van der Waals surface area contributed by atoms with Gasteiger partial charge in [-0.1, -0.05) is 30.3 Å². The molecule has 1 aliphatic rings. The molecule has 4 heteroatoms. The monoisotopic (exact) mass is 338 g/mol. The van der Waals surface area contributed by atoms with Crippen molar-refractivity contribution in [3.05, 3.63) is 59.1 Å². The zero-order valence-electron chi connectivity index (χ0n) is 13.9. The maximum Gasteiger partial charge on any atom is 0.123 e. The molecule has 0 aliphatic carbocycles. The molecule has 1 aromatic heterocycles. The van der Waals surface area contributed by atoms with E-state index in [1.54, 1.807) is 11.3 Å². The minimum Gasteiger partial charge on any atom is -0.490 e. The van der Waals surface area contributed by atoms with Crippen LogP contribution >= 0.6 is 11.3 Å². The molecule has 0 N–H and O–H groups in total. The van der Waals surface area contributed by atoms with E-state index in [9.17, 15) is 0 Å². The second-order valence-electron chi connectivity index (χ2n) is 6.48. The summed E-state index contributed by atoms with van der Waals surface area (Å²) in [7, 11) is 2.18. The Labute approximate surface area is 146 Å². The molecule has 24 heavy (non-hydrogen) atoms. The van der Waals surface area contributed by atoms with E-state index in [1.807, 2.05) is 6.07 Å². The Hall–Kier alpha value is -1.91. The molecule has 0 spiro atoms. The fraction of sp³-hybridized carbons (Fsp3) is 0.350. The number of fused-ring (bicyclic) bond motifs is 1. The van der Waals surface area contributed by atoms with E-state index in [-0.39, 0.29) is 0 Å². The van der Waals surface area contributed by atoms with E-state index in [0.717, 1.165) is 48.6 Å². The van der Waals surface area contributed by atoms with Crippen molar-refractivity contribution in [2.75, 3.05) is 20.1 Å². The Balaban J connectivity index is 1.52. The van der Waals surface area contributed by atoms with Crippen molar-refractivity contribution in [1.82, 2.24) is 9.88 Å². The molecule has 4 rings (SSSR count). The van der Waals surface area contributed by atoms with E-state index >= 15 is 0 Å². The number of ether oxygens (including phenoxy) is 1. The van der Waals surface area contributed by atoms with Gasteiger partial charge >= 0.3 is 0 Å². The molecule has 3 aromatic rings. The molecule has 1 saturated heterocycles. The van der Waals surface area contributed by atoms with Crippen molar-refractivity contribution in [1.29, 1.82) is 0 Å². The van der Waals surface area contributed by atoms with Crippen LogP contribution in [0.25, 0.3) is 10.2 Å². The molecule has 3 nitrogen and oxygen atoms in total. The van der Waals surface area contributed by atoms with Crippen LogP contribution in [0.4, 0.5) is 0 Å². The maximum absolute atomic E-state index is 6.33. The Morgan fingerprint density at radius 3 is 2.67 bits per heavy atom. The van der Waals surface area contributed by atoms with Gasteiger partial charge in [0.2, 0.25) is 0 Å². The fourth-order valence-electron chi connectivity index (χ4n) is 3.21. The van der Waals surface area contributed by atoms with Gasteiger partial charge in [0.1, 0.15) is 11.9 Å². The van der Waals surface area contributed by atoms with Crippen LogP contribution < -0.4 is 4.74 Å². The fourth-order valence-corrected chi connectivity index (χ4v) is 4.20. The topological polar surface area (TPSA) is 25.4 Å². The number of likely N-dealkylation sites (tertiary alicyclic amines) is 1. The van der Waals surface area contributed by atoms with E-state index in [0.29, 0.717) is 6.10 Å². The average molecular weight is 338 g/mol. The third-order valence-electron chi connectivity index (χ3n) is 4.61. The van der Waals surface area contributed by atoms with Crippen LogP contribution in [0.15, 0.2) is 48.5 Å². The van der Waals surface area contributed by atoms with Crippen molar-refractivity contribution in [3.63, 3.8) is 0 Å². The first-order valence-corrected chi connectivity index (χ1v) is 9.37. The predicted molar refractivity (Wildman–Crippen MR) is 100 cm³/mol. The van der Waals surface area contributed by atoms with Gasteiger partial charge in [-0.15, -0.1) is 11.3 Å². The highest BCUT2D eigenvalue weighted by atomic mass is 32.1. The Kier molecular flexibility index (Phi) is 4.50. The number of hydrogen-bond acceptors (Lipinski definition) is 4. The highest BCUT2D eigenvalue weighted by Gasteiger charge is 2.19. The summed E-state index contributed by atoms with van der Waals surface area (Å²) in [6, 6.07) is 16.7. The van der Waals surface area contributed by atoms with E-state index in [2.05, 4.69) is 54.4 Å². The molecule has 2 aromatic carbocycles. The van der Waals surface area contributed by atoms with Gasteiger partial charge in [0.05, 0.1) is 15.2 Å². The van der Waals surface area contributed by atoms with Crippen molar-refractivity contribution in [2.45, 2.75) is 25.4 Å². The Morgan fingerprint density at radius 1 is 1.08 bits per heavy atom. The molecule has 2 heterocycles. The standard InChI is InChI=1S/C20H22N2OS/c1-22-12-10-16(11-13-22)23-18-8-4-2-6-15(18)14-20-21-17-7-3-5-9-19(17)24-20/h2-9,16H,10-14H2,1H3. The van der Waals surface area contributed by atoms with Gasteiger partial charge in [0, 0.05) is 25.1 Å². The molecule has 0 radical (unpaired) electrons. The van der Waals surface area contributed by atoms with Gasteiger partial charge in [-0.2, -0.15) is 0 Å². The summed E-state index contributed by atoms with van der Waals surface area (Å²) in [5.41, 5.74) is 2.32. The van der Waals surface area contributed by atoms with E-state index in [4.69, 9.17) is 9.72 Å². The summed E-state index contributed by atoms with van der Waals surface area (Å²) >= 11 is 1.77. The van der Waals surface area contributed by atoms with Crippen molar-refractivity contribution in [3.8, 4) is 5.75 Å². The average Bonchev–Trinajstić information content (AvgIpc) is 3.01. The summed E-state index contributed by atoms with van der Waals surface area (Å²) in [5.74, 6) is 1.02. The van der Waals surface area contributed by atoms with Crippen LogP contribution in [-0.4, -0.2) is 36.1 Å². The van der Waals surface area contributed by atoms with Gasteiger partial charge < -0.3 is 9.64 Å². The number of rotatable bonds is 4. The lowest BCUT2D eigenvalue weighted by atomic mass is 10.1. The zero-order chi connectivity index (χ0) is 16.4. The summed E-state index contributed by atoms with van der Waals surface area (Å²) in [6.45, 7) is 2.23. The lowest BCUT2D eigenvalue weighted by Crippen LogP contribution is -2.35. The number of hydrogen-bond donors (Lipinski definition) is 0. The maximum atomic E-state index is 6.33. The lowest BCUT2D eigenvalue weighted by Gasteiger charge is -2.29.